The molecular weight excluding hydrogens is 256 g/mol. The number of hydrogen-bond acceptors (Lipinski definition) is 1. The molecule has 1 amide bonds. The van der Waals surface area contributed by atoms with Crippen LogP contribution in [-0.4, -0.2) is 5.91 Å². The van der Waals surface area contributed by atoms with Crippen molar-refractivity contribution in [3.05, 3.63) is 32.8 Å². The van der Waals surface area contributed by atoms with Crippen molar-refractivity contribution in [2.45, 2.75) is 18.3 Å². The zero-order chi connectivity index (χ0) is 11.2. The van der Waals surface area contributed by atoms with Crippen molar-refractivity contribution in [2.24, 2.45) is 5.73 Å². The van der Waals surface area contributed by atoms with E-state index in [0.29, 0.717) is 15.1 Å². The average Bonchev–Trinajstić information content (AvgIpc) is 2.93. The van der Waals surface area contributed by atoms with Crippen LogP contribution in [0.4, 0.5) is 0 Å². The molecule has 1 saturated carbocycles. The number of carbonyl (C=O) groups is 1. The van der Waals surface area contributed by atoms with Gasteiger partial charge in [0.15, 0.2) is 0 Å². The summed E-state index contributed by atoms with van der Waals surface area (Å²) in [6, 6.07) is 3.32. The monoisotopic (exact) mass is 263 g/mol. The first kappa shape index (κ1) is 11.1. The Morgan fingerprint density at radius 3 is 2.00 bits per heavy atom. The molecule has 1 fully saturated rings. The van der Waals surface area contributed by atoms with Crippen LogP contribution < -0.4 is 5.73 Å². The molecule has 2 N–H and O–H groups in total. The number of nitrogens with two attached hydrogens (primary N) is 1. The molecule has 0 aliphatic heterocycles. The fourth-order valence-corrected chi connectivity index (χ4v) is 2.23. The number of benzene rings is 1. The second kappa shape index (κ2) is 3.55. The Morgan fingerprint density at radius 2 is 1.67 bits per heavy atom. The van der Waals surface area contributed by atoms with Crippen molar-refractivity contribution < 1.29 is 4.79 Å². The lowest BCUT2D eigenvalue weighted by Crippen LogP contribution is -2.28. The zero-order valence-electron chi connectivity index (χ0n) is 7.69. The van der Waals surface area contributed by atoms with Crippen LogP contribution in [0.2, 0.25) is 15.1 Å². The van der Waals surface area contributed by atoms with Crippen molar-refractivity contribution in [2.75, 3.05) is 0 Å². The van der Waals surface area contributed by atoms with Crippen molar-refractivity contribution in [1.29, 1.82) is 0 Å². The molecule has 1 aliphatic carbocycles. The Hall–Kier alpha value is -0.440. The van der Waals surface area contributed by atoms with E-state index >= 15 is 0 Å². The number of rotatable bonds is 2. The molecule has 80 valence electrons. The first-order valence-corrected chi connectivity index (χ1v) is 5.56. The molecule has 2 nitrogen and oxygen atoms in total. The lowest BCUT2D eigenvalue weighted by Gasteiger charge is -2.12. The molecule has 2 rings (SSSR count). The molecule has 0 bridgehead atoms. The minimum absolute atomic E-state index is 0.308. The fraction of sp³-hybridized carbons (Fsp3) is 0.300. The van der Waals surface area contributed by atoms with E-state index in [2.05, 4.69) is 0 Å². The maximum atomic E-state index is 11.3. The largest absolute Gasteiger partial charge is 0.369 e. The second-order valence-electron chi connectivity index (χ2n) is 3.70. The summed E-state index contributed by atoms with van der Waals surface area (Å²) in [6.45, 7) is 0. The highest BCUT2D eigenvalue weighted by atomic mass is 35.5. The van der Waals surface area contributed by atoms with E-state index in [9.17, 15) is 4.79 Å². The van der Waals surface area contributed by atoms with E-state index in [0.717, 1.165) is 18.4 Å². The standard InChI is InChI=1S/C10H8Cl3NO/c11-6-3-5(4-7(12)8(6)13)10(1-2-10)9(14)15/h3-4H,1-2H2,(H2,14,15). The van der Waals surface area contributed by atoms with Crippen LogP contribution in [0, 0.1) is 0 Å². The molecule has 1 aromatic rings. The Labute approximate surface area is 102 Å². The number of primary amides is 1. The number of halogens is 3. The lowest BCUT2D eigenvalue weighted by molar-refractivity contribution is -0.120. The lowest BCUT2D eigenvalue weighted by atomic mass is 9.95. The predicted octanol–water partition coefficient (Wildman–Crippen LogP) is 3.16. The van der Waals surface area contributed by atoms with Gasteiger partial charge in [0.1, 0.15) is 0 Å². The maximum Gasteiger partial charge on any atom is 0.228 e. The second-order valence-corrected chi connectivity index (χ2v) is 4.89. The zero-order valence-corrected chi connectivity index (χ0v) is 9.96. The Balaban J connectivity index is 2.51. The quantitative estimate of drug-likeness (QED) is 0.819. The summed E-state index contributed by atoms with van der Waals surface area (Å²) in [7, 11) is 0. The molecule has 0 unspecified atom stereocenters. The van der Waals surface area contributed by atoms with Gasteiger partial charge in [-0.05, 0) is 30.5 Å². The average molecular weight is 265 g/mol. The summed E-state index contributed by atoms with van der Waals surface area (Å²) in [4.78, 5) is 11.3. The molecular formula is C10H8Cl3NO. The van der Waals surface area contributed by atoms with Gasteiger partial charge in [-0.15, -0.1) is 0 Å². The summed E-state index contributed by atoms with van der Waals surface area (Å²) >= 11 is 17.6. The Morgan fingerprint density at radius 1 is 1.20 bits per heavy atom. The number of carbonyl (C=O) groups excluding carboxylic acids is 1. The summed E-state index contributed by atoms with van der Waals surface area (Å²) < 4.78 is 0. The first-order chi connectivity index (χ1) is 6.97. The number of hydrogen-bond donors (Lipinski definition) is 1. The van der Waals surface area contributed by atoms with Gasteiger partial charge in [0.2, 0.25) is 5.91 Å². The first-order valence-electron chi connectivity index (χ1n) is 4.42. The smallest absolute Gasteiger partial charge is 0.228 e. The molecule has 0 radical (unpaired) electrons. The Kier molecular flexibility index (Phi) is 2.61. The molecule has 15 heavy (non-hydrogen) atoms. The molecule has 5 heteroatoms. The van der Waals surface area contributed by atoms with E-state index in [1.54, 1.807) is 12.1 Å². The molecule has 0 heterocycles. The molecule has 0 spiro atoms. The summed E-state index contributed by atoms with van der Waals surface area (Å²) in [6.07, 6.45) is 1.49. The van der Waals surface area contributed by atoms with Crippen LogP contribution in [0.1, 0.15) is 18.4 Å². The molecule has 1 aliphatic rings. The van der Waals surface area contributed by atoms with Crippen LogP contribution in [0.25, 0.3) is 0 Å². The third-order valence-corrected chi connectivity index (χ3v) is 3.95. The third-order valence-electron chi connectivity index (χ3n) is 2.76. The maximum absolute atomic E-state index is 11.3. The van der Waals surface area contributed by atoms with Gasteiger partial charge in [-0.2, -0.15) is 0 Å². The van der Waals surface area contributed by atoms with Crippen molar-refractivity contribution in [3.63, 3.8) is 0 Å². The minimum Gasteiger partial charge on any atom is -0.369 e. The molecule has 1 aromatic carbocycles. The van der Waals surface area contributed by atoms with Gasteiger partial charge in [-0.25, -0.2) is 0 Å². The van der Waals surface area contributed by atoms with Gasteiger partial charge in [-0.1, -0.05) is 34.8 Å². The highest BCUT2D eigenvalue weighted by molar-refractivity contribution is 6.48. The van der Waals surface area contributed by atoms with Crippen molar-refractivity contribution in [3.8, 4) is 0 Å². The van der Waals surface area contributed by atoms with Gasteiger partial charge in [0.25, 0.3) is 0 Å². The third kappa shape index (κ3) is 1.71. The SMILES string of the molecule is NC(=O)C1(c2cc(Cl)c(Cl)c(Cl)c2)CC1. The Bertz CT molecular complexity index is 417. The van der Waals surface area contributed by atoms with Gasteiger partial charge in [0.05, 0.1) is 20.5 Å². The van der Waals surface area contributed by atoms with E-state index in [1.165, 1.54) is 0 Å². The van der Waals surface area contributed by atoms with Crippen LogP contribution in [0.3, 0.4) is 0 Å². The van der Waals surface area contributed by atoms with Crippen LogP contribution in [0.5, 0.6) is 0 Å². The predicted molar refractivity (Wildman–Crippen MR) is 61.6 cm³/mol. The minimum atomic E-state index is -0.572. The van der Waals surface area contributed by atoms with Crippen LogP contribution in [-0.2, 0) is 10.2 Å². The van der Waals surface area contributed by atoms with Crippen LogP contribution in [0.15, 0.2) is 12.1 Å². The topological polar surface area (TPSA) is 43.1 Å². The summed E-state index contributed by atoms with van der Waals surface area (Å²) in [5.74, 6) is -0.336. The van der Waals surface area contributed by atoms with Crippen LogP contribution >= 0.6 is 34.8 Å². The molecule has 0 aromatic heterocycles. The van der Waals surface area contributed by atoms with E-state index in [4.69, 9.17) is 40.5 Å². The van der Waals surface area contributed by atoms with Crippen molar-refractivity contribution in [1.82, 2.24) is 0 Å². The van der Waals surface area contributed by atoms with E-state index in [-0.39, 0.29) is 5.91 Å². The fourth-order valence-electron chi connectivity index (χ4n) is 1.63. The molecule has 0 atom stereocenters. The summed E-state index contributed by atoms with van der Waals surface area (Å²) in [5, 5.41) is 1.01. The molecule has 0 saturated heterocycles. The van der Waals surface area contributed by atoms with Crippen molar-refractivity contribution >= 4 is 40.7 Å². The van der Waals surface area contributed by atoms with E-state index in [1.807, 2.05) is 0 Å². The number of amides is 1. The highest BCUT2D eigenvalue weighted by Crippen LogP contribution is 2.50. The summed E-state index contributed by atoms with van der Waals surface area (Å²) in [5.41, 5.74) is 5.53. The van der Waals surface area contributed by atoms with Gasteiger partial charge < -0.3 is 5.73 Å². The normalized spacial score (nSPS) is 17.5. The van der Waals surface area contributed by atoms with Gasteiger partial charge >= 0.3 is 0 Å². The van der Waals surface area contributed by atoms with Gasteiger partial charge in [0, 0.05) is 0 Å². The van der Waals surface area contributed by atoms with E-state index < -0.39 is 5.41 Å². The van der Waals surface area contributed by atoms with Gasteiger partial charge in [-0.3, -0.25) is 4.79 Å². The highest BCUT2D eigenvalue weighted by Gasteiger charge is 2.50.